The third kappa shape index (κ3) is 5.91. The van der Waals surface area contributed by atoms with Crippen LogP contribution in [0, 0.1) is 0 Å². The third-order valence-corrected chi connectivity index (χ3v) is 2.87. The van der Waals surface area contributed by atoms with Crippen LogP contribution in [0.4, 0.5) is 0 Å². The van der Waals surface area contributed by atoms with Gasteiger partial charge in [0.15, 0.2) is 0 Å². The van der Waals surface area contributed by atoms with E-state index in [1.807, 2.05) is 23.1 Å². The van der Waals surface area contributed by atoms with E-state index in [2.05, 4.69) is 24.3 Å². The second-order valence-corrected chi connectivity index (χ2v) is 4.47. The average molecular weight is 223 g/mol. The largest absolute Gasteiger partial charge is 0.314 e. The first-order valence-corrected chi connectivity index (χ1v) is 6.53. The van der Waals surface area contributed by atoms with Crippen molar-refractivity contribution in [2.24, 2.45) is 0 Å². The van der Waals surface area contributed by atoms with Crippen molar-refractivity contribution in [3.8, 4) is 0 Å². The lowest BCUT2D eigenvalue weighted by molar-refractivity contribution is 0.450. The van der Waals surface area contributed by atoms with E-state index in [0.717, 1.165) is 19.5 Å². The average Bonchev–Trinajstić information content (AvgIpc) is 2.79. The molecule has 0 aliphatic carbocycles. The maximum Gasteiger partial charge on any atom is 0.0489 e. The van der Waals surface area contributed by atoms with E-state index < -0.39 is 0 Å². The fourth-order valence-corrected chi connectivity index (χ4v) is 1.76. The lowest BCUT2D eigenvalue weighted by Crippen LogP contribution is -2.28. The predicted molar refractivity (Wildman–Crippen MR) is 68.5 cm³/mol. The van der Waals surface area contributed by atoms with Gasteiger partial charge in [-0.25, -0.2) is 0 Å². The summed E-state index contributed by atoms with van der Waals surface area (Å²) in [5.41, 5.74) is 0. The Labute approximate surface area is 99.2 Å². The second-order valence-electron chi connectivity index (χ2n) is 4.47. The van der Waals surface area contributed by atoms with Gasteiger partial charge < -0.3 is 5.32 Å². The van der Waals surface area contributed by atoms with Crippen LogP contribution in [-0.2, 0) is 6.54 Å². The van der Waals surface area contributed by atoms with E-state index >= 15 is 0 Å². The number of nitrogens with one attached hydrogen (secondary N) is 1. The molecule has 0 aromatic carbocycles. The van der Waals surface area contributed by atoms with Gasteiger partial charge in [-0.15, -0.1) is 0 Å². The summed E-state index contributed by atoms with van der Waals surface area (Å²) in [7, 11) is 0. The number of aryl methyl sites for hydroxylation is 1. The molecule has 0 spiro atoms. The lowest BCUT2D eigenvalue weighted by Gasteiger charge is -2.13. The Morgan fingerprint density at radius 3 is 2.88 bits per heavy atom. The van der Waals surface area contributed by atoms with Crippen LogP contribution >= 0.6 is 0 Å². The van der Waals surface area contributed by atoms with Crippen molar-refractivity contribution < 1.29 is 0 Å². The van der Waals surface area contributed by atoms with Crippen LogP contribution in [-0.4, -0.2) is 22.4 Å². The van der Waals surface area contributed by atoms with Gasteiger partial charge in [0, 0.05) is 25.0 Å². The first-order chi connectivity index (χ1) is 7.83. The summed E-state index contributed by atoms with van der Waals surface area (Å²) >= 11 is 0. The molecule has 0 aliphatic heterocycles. The molecule has 0 saturated heterocycles. The molecule has 0 saturated carbocycles. The zero-order chi connectivity index (χ0) is 11.6. The van der Waals surface area contributed by atoms with Crippen molar-refractivity contribution in [1.29, 1.82) is 0 Å². The maximum atomic E-state index is 4.20. The van der Waals surface area contributed by atoms with Gasteiger partial charge in [0.2, 0.25) is 0 Å². The molecular formula is C13H25N3. The van der Waals surface area contributed by atoms with Crippen molar-refractivity contribution in [2.75, 3.05) is 6.54 Å². The minimum absolute atomic E-state index is 0.589. The molecule has 16 heavy (non-hydrogen) atoms. The summed E-state index contributed by atoms with van der Waals surface area (Å²) in [6, 6.07) is 2.56. The van der Waals surface area contributed by atoms with Crippen LogP contribution in [0.3, 0.4) is 0 Å². The third-order valence-electron chi connectivity index (χ3n) is 2.87. The summed E-state index contributed by atoms with van der Waals surface area (Å²) in [6.45, 7) is 6.67. The smallest absolute Gasteiger partial charge is 0.0489 e. The second kappa shape index (κ2) is 8.34. The monoisotopic (exact) mass is 223 g/mol. The lowest BCUT2D eigenvalue weighted by atomic mass is 10.2. The van der Waals surface area contributed by atoms with Crippen LogP contribution in [0.25, 0.3) is 0 Å². The SMILES string of the molecule is CCCCCCNC(C)CCn1cccn1. The zero-order valence-corrected chi connectivity index (χ0v) is 10.7. The molecule has 1 heterocycles. The molecule has 1 N–H and O–H groups in total. The highest BCUT2D eigenvalue weighted by Gasteiger charge is 2.00. The van der Waals surface area contributed by atoms with E-state index in [9.17, 15) is 0 Å². The highest BCUT2D eigenvalue weighted by atomic mass is 15.3. The number of rotatable bonds is 9. The Bertz CT molecular complexity index is 244. The fourth-order valence-electron chi connectivity index (χ4n) is 1.76. The summed E-state index contributed by atoms with van der Waals surface area (Å²) in [4.78, 5) is 0. The quantitative estimate of drug-likeness (QED) is 0.652. The van der Waals surface area contributed by atoms with Gasteiger partial charge in [0.05, 0.1) is 0 Å². The van der Waals surface area contributed by atoms with Crippen molar-refractivity contribution >= 4 is 0 Å². The molecule has 1 atom stereocenters. The number of aromatic nitrogens is 2. The molecule has 0 amide bonds. The van der Waals surface area contributed by atoms with Crippen molar-refractivity contribution in [2.45, 2.75) is 58.5 Å². The predicted octanol–water partition coefficient (Wildman–Crippen LogP) is 2.83. The number of hydrogen-bond donors (Lipinski definition) is 1. The van der Waals surface area contributed by atoms with Gasteiger partial charge in [-0.3, -0.25) is 4.68 Å². The van der Waals surface area contributed by atoms with Crippen molar-refractivity contribution in [3.05, 3.63) is 18.5 Å². The zero-order valence-electron chi connectivity index (χ0n) is 10.7. The first kappa shape index (κ1) is 13.2. The molecule has 0 radical (unpaired) electrons. The van der Waals surface area contributed by atoms with Crippen LogP contribution in [0.5, 0.6) is 0 Å². The van der Waals surface area contributed by atoms with Gasteiger partial charge in [-0.1, -0.05) is 26.2 Å². The van der Waals surface area contributed by atoms with Crippen LogP contribution in [0.1, 0.15) is 46.0 Å². The number of unbranched alkanes of at least 4 members (excludes halogenated alkanes) is 3. The normalized spacial score (nSPS) is 12.9. The molecule has 0 bridgehead atoms. The molecule has 3 heteroatoms. The Morgan fingerprint density at radius 1 is 1.31 bits per heavy atom. The molecule has 1 aromatic rings. The summed E-state index contributed by atoms with van der Waals surface area (Å²) in [5.74, 6) is 0. The molecular weight excluding hydrogens is 198 g/mol. The first-order valence-electron chi connectivity index (χ1n) is 6.53. The minimum Gasteiger partial charge on any atom is -0.314 e. The molecule has 1 aromatic heterocycles. The van der Waals surface area contributed by atoms with E-state index in [4.69, 9.17) is 0 Å². The molecule has 0 aliphatic rings. The Hall–Kier alpha value is -0.830. The number of nitrogens with zero attached hydrogens (tertiary/aromatic N) is 2. The Kier molecular flexibility index (Phi) is 6.90. The van der Waals surface area contributed by atoms with E-state index in [1.165, 1.54) is 25.7 Å². The summed E-state index contributed by atoms with van der Waals surface area (Å²) < 4.78 is 2.00. The Morgan fingerprint density at radius 2 is 2.19 bits per heavy atom. The minimum atomic E-state index is 0.589. The topological polar surface area (TPSA) is 29.9 Å². The molecule has 1 rings (SSSR count). The van der Waals surface area contributed by atoms with E-state index in [-0.39, 0.29) is 0 Å². The van der Waals surface area contributed by atoms with Gasteiger partial charge in [-0.2, -0.15) is 5.10 Å². The van der Waals surface area contributed by atoms with Crippen LogP contribution < -0.4 is 5.32 Å². The molecule has 3 nitrogen and oxygen atoms in total. The maximum absolute atomic E-state index is 4.20. The van der Waals surface area contributed by atoms with E-state index in [1.54, 1.807) is 0 Å². The van der Waals surface area contributed by atoms with Gasteiger partial charge in [0.1, 0.15) is 0 Å². The standard InChI is InChI=1S/C13H25N3/c1-3-4-5-6-9-14-13(2)8-12-16-11-7-10-15-16/h7,10-11,13-14H,3-6,8-9,12H2,1-2H3. The van der Waals surface area contributed by atoms with Gasteiger partial charge >= 0.3 is 0 Å². The van der Waals surface area contributed by atoms with Crippen LogP contribution in [0.15, 0.2) is 18.5 Å². The highest BCUT2D eigenvalue weighted by Crippen LogP contribution is 1.99. The summed E-state index contributed by atoms with van der Waals surface area (Å²) in [6.07, 6.45) is 10.3. The van der Waals surface area contributed by atoms with Crippen LogP contribution in [0.2, 0.25) is 0 Å². The van der Waals surface area contributed by atoms with Gasteiger partial charge in [-0.05, 0) is 32.4 Å². The molecule has 0 fully saturated rings. The molecule has 1 unspecified atom stereocenters. The summed E-state index contributed by atoms with van der Waals surface area (Å²) in [5, 5.41) is 7.76. The Balaban J connectivity index is 1.96. The van der Waals surface area contributed by atoms with Crippen molar-refractivity contribution in [1.82, 2.24) is 15.1 Å². The van der Waals surface area contributed by atoms with E-state index in [0.29, 0.717) is 6.04 Å². The fraction of sp³-hybridized carbons (Fsp3) is 0.769. The van der Waals surface area contributed by atoms with Gasteiger partial charge in [0.25, 0.3) is 0 Å². The molecule has 92 valence electrons. The number of hydrogen-bond acceptors (Lipinski definition) is 2. The van der Waals surface area contributed by atoms with Crippen molar-refractivity contribution in [3.63, 3.8) is 0 Å². The highest BCUT2D eigenvalue weighted by molar-refractivity contribution is 4.78.